The number of carboxylic acids is 1. The first-order chi connectivity index (χ1) is 8.60. The van der Waals surface area contributed by atoms with E-state index in [0.717, 1.165) is 18.5 Å². The minimum absolute atomic E-state index is 0.0513. The summed E-state index contributed by atoms with van der Waals surface area (Å²) in [5.41, 5.74) is 1.04. The maximum absolute atomic E-state index is 10.6. The molecule has 6 heteroatoms. The number of carboxylic acid groups (broad SMARTS) is 1. The molecule has 0 radical (unpaired) electrons. The van der Waals surface area contributed by atoms with Gasteiger partial charge in [0.05, 0.1) is 6.42 Å². The van der Waals surface area contributed by atoms with Crippen LogP contribution in [0, 0.1) is 18.3 Å². The summed E-state index contributed by atoms with van der Waals surface area (Å²) in [4.78, 5) is 21.0. The third-order valence-corrected chi connectivity index (χ3v) is 2.77. The fourth-order valence-electron chi connectivity index (χ4n) is 1.79. The fraction of sp³-hybridized carbons (Fsp3) is 0.500. The molecule has 1 saturated carbocycles. The van der Waals surface area contributed by atoms with Gasteiger partial charge in [-0.3, -0.25) is 4.79 Å². The third kappa shape index (κ3) is 2.94. The molecule has 1 heterocycles. The Bertz CT molecular complexity index is 505. The van der Waals surface area contributed by atoms with Gasteiger partial charge in [0.25, 0.3) is 0 Å². The Labute approximate surface area is 105 Å². The molecule has 94 valence electrons. The van der Waals surface area contributed by atoms with Crippen molar-refractivity contribution in [3.05, 3.63) is 17.5 Å². The van der Waals surface area contributed by atoms with Crippen LogP contribution in [0.5, 0.6) is 0 Å². The Morgan fingerprint density at radius 3 is 2.89 bits per heavy atom. The molecule has 1 aliphatic rings. The van der Waals surface area contributed by atoms with Crippen molar-refractivity contribution in [1.82, 2.24) is 9.97 Å². The molecule has 0 saturated heterocycles. The van der Waals surface area contributed by atoms with Crippen molar-refractivity contribution in [3.63, 3.8) is 0 Å². The number of nitrogens with zero attached hydrogens (tertiary/aromatic N) is 4. The topological polar surface area (TPSA) is 90.1 Å². The molecule has 0 aliphatic heterocycles. The molecule has 0 bridgehead atoms. The molecule has 0 spiro atoms. The Kier molecular flexibility index (Phi) is 3.42. The first-order valence-corrected chi connectivity index (χ1v) is 5.84. The summed E-state index contributed by atoms with van der Waals surface area (Å²) in [5, 5.41) is 17.6. The van der Waals surface area contributed by atoms with Gasteiger partial charge < -0.3 is 10.0 Å². The minimum Gasteiger partial charge on any atom is -0.481 e. The third-order valence-electron chi connectivity index (χ3n) is 2.77. The molecule has 0 unspecified atom stereocenters. The van der Waals surface area contributed by atoms with E-state index in [-0.39, 0.29) is 6.42 Å². The smallest absolute Gasteiger partial charge is 0.305 e. The number of aliphatic carboxylic acids is 1. The lowest BCUT2D eigenvalue weighted by atomic mass is 10.3. The second kappa shape index (κ2) is 5.00. The molecule has 18 heavy (non-hydrogen) atoms. The van der Waals surface area contributed by atoms with E-state index in [1.54, 1.807) is 13.0 Å². The van der Waals surface area contributed by atoms with Crippen molar-refractivity contribution in [2.24, 2.45) is 0 Å². The van der Waals surface area contributed by atoms with E-state index in [1.165, 1.54) is 0 Å². The van der Waals surface area contributed by atoms with Gasteiger partial charge in [-0.1, -0.05) is 0 Å². The number of anilines is 1. The predicted octanol–water partition coefficient (Wildman–Crippen LogP) is 1.10. The van der Waals surface area contributed by atoms with Gasteiger partial charge in [0.15, 0.2) is 0 Å². The largest absolute Gasteiger partial charge is 0.481 e. The summed E-state index contributed by atoms with van der Waals surface area (Å²) in [6.45, 7) is 2.18. The van der Waals surface area contributed by atoms with Crippen LogP contribution in [-0.2, 0) is 4.79 Å². The van der Waals surface area contributed by atoms with E-state index < -0.39 is 5.97 Å². The number of aryl methyl sites for hydroxylation is 1. The van der Waals surface area contributed by atoms with Gasteiger partial charge in [-0.2, -0.15) is 5.26 Å². The molecule has 0 aromatic carbocycles. The van der Waals surface area contributed by atoms with Crippen LogP contribution >= 0.6 is 0 Å². The highest BCUT2D eigenvalue weighted by molar-refractivity contribution is 5.67. The van der Waals surface area contributed by atoms with Crippen LogP contribution in [0.15, 0.2) is 6.07 Å². The highest BCUT2D eigenvalue weighted by Crippen LogP contribution is 2.30. The van der Waals surface area contributed by atoms with Crippen LogP contribution in [0.25, 0.3) is 0 Å². The predicted molar refractivity (Wildman–Crippen MR) is 64.1 cm³/mol. The molecule has 2 rings (SSSR count). The van der Waals surface area contributed by atoms with Gasteiger partial charge in [-0.05, 0) is 25.8 Å². The minimum atomic E-state index is -0.839. The zero-order valence-electron chi connectivity index (χ0n) is 10.1. The first kappa shape index (κ1) is 12.3. The van der Waals surface area contributed by atoms with Crippen LogP contribution in [0.2, 0.25) is 0 Å². The van der Waals surface area contributed by atoms with Crippen molar-refractivity contribution in [3.8, 4) is 6.07 Å². The average Bonchev–Trinajstić information content (AvgIpc) is 3.12. The van der Waals surface area contributed by atoms with Crippen LogP contribution in [0.3, 0.4) is 0 Å². The second-order valence-electron chi connectivity index (χ2n) is 4.37. The number of hydrogen-bond donors (Lipinski definition) is 1. The molecule has 0 amide bonds. The highest BCUT2D eigenvalue weighted by atomic mass is 16.4. The molecule has 6 nitrogen and oxygen atoms in total. The second-order valence-corrected chi connectivity index (χ2v) is 4.37. The Morgan fingerprint density at radius 1 is 1.61 bits per heavy atom. The van der Waals surface area contributed by atoms with Crippen LogP contribution < -0.4 is 4.90 Å². The summed E-state index contributed by atoms with van der Waals surface area (Å²) in [5.74, 6) is -0.371. The lowest BCUT2D eigenvalue weighted by Crippen LogP contribution is -2.30. The van der Waals surface area contributed by atoms with Gasteiger partial charge >= 0.3 is 5.97 Å². The quantitative estimate of drug-likeness (QED) is 0.836. The molecular weight excluding hydrogens is 232 g/mol. The van der Waals surface area contributed by atoms with E-state index in [2.05, 4.69) is 9.97 Å². The van der Waals surface area contributed by atoms with Gasteiger partial charge in [0.1, 0.15) is 11.8 Å². The molecule has 1 N–H and O–H groups in total. The normalized spacial score (nSPS) is 14.0. The SMILES string of the molecule is Cc1cc(C#N)nc(N(CCC(=O)O)C2CC2)n1. The van der Waals surface area contributed by atoms with Gasteiger partial charge in [0, 0.05) is 18.3 Å². The number of nitriles is 1. The van der Waals surface area contributed by atoms with Crippen LogP contribution in [0.1, 0.15) is 30.7 Å². The van der Waals surface area contributed by atoms with E-state index in [0.29, 0.717) is 24.2 Å². The van der Waals surface area contributed by atoms with Crippen molar-refractivity contribution in [2.75, 3.05) is 11.4 Å². The van der Waals surface area contributed by atoms with Gasteiger partial charge in [0.2, 0.25) is 5.95 Å². The molecule has 1 aromatic rings. The van der Waals surface area contributed by atoms with Crippen molar-refractivity contribution >= 4 is 11.9 Å². The fourth-order valence-corrected chi connectivity index (χ4v) is 1.79. The Morgan fingerprint density at radius 2 is 2.33 bits per heavy atom. The zero-order valence-corrected chi connectivity index (χ0v) is 10.1. The van der Waals surface area contributed by atoms with Crippen molar-refractivity contribution in [1.29, 1.82) is 5.26 Å². The zero-order chi connectivity index (χ0) is 13.1. The summed E-state index contributed by atoms with van der Waals surface area (Å²) in [6, 6.07) is 3.93. The maximum atomic E-state index is 10.6. The lowest BCUT2D eigenvalue weighted by Gasteiger charge is -2.21. The summed E-state index contributed by atoms with van der Waals surface area (Å²) < 4.78 is 0. The standard InChI is InChI=1S/C12H14N4O2/c1-8-6-9(7-13)15-12(14-8)16(10-2-3-10)5-4-11(17)18/h6,10H,2-5H2,1H3,(H,17,18). The summed E-state index contributed by atoms with van der Waals surface area (Å²) in [7, 11) is 0. The number of aromatic nitrogens is 2. The molecule has 1 aromatic heterocycles. The van der Waals surface area contributed by atoms with Crippen LogP contribution in [-0.4, -0.2) is 33.6 Å². The van der Waals surface area contributed by atoms with Crippen molar-refractivity contribution in [2.45, 2.75) is 32.2 Å². The van der Waals surface area contributed by atoms with Gasteiger partial charge in [-0.15, -0.1) is 0 Å². The number of hydrogen-bond acceptors (Lipinski definition) is 5. The van der Waals surface area contributed by atoms with E-state index >= 15 is 0 Å². The number of rotatable bonds is 5. The monoisotopic (exact) mass is 246 g/mol. The molecule has 0 atom stereocenters. The van der Waals surface area contributed by atoms with Crippen LogP contribution in [0.4, 0.5) is 5.95 Å². The number of carbonyl (C=O) groups is 1. The highest BCUT2D eigenvalue weighted by Gasteiger charge is 2.31. The van der Waals surface area contributed by atoms with Gasteiger partial charge in [-0.25, -0.2) is 9.97 Å². The Balaban J connectivity index is 2.22. The first-order valence-electron chi connectivity index (χ1n) is 5.84. The summed E-state index contributed by atoms with van der Waals surface area (Å²) in [6.07, 6.45) is 2.10. The van der Waals surface area contributed by atoms with E-state index in [9.17, 15) is 4.79 Å². The molecule has 1 fully saturated rings. The van der Waals surface area contributed by atoms with Crippen molar-refractivity contribution < 1.29 is 9.90 Å². The van der Waals surface area contributed by atoms with E-state index in [4.69, 9.17) is 10.4 Å². The maximum Gasteiger partial charge on any atom is 0.305 e. The Hall–Kier alpha value is -2.16. The summed E-state index contributed by atoms with van der Waals surface area (Å²) >= 11 is 0. The van der Waals surface area contributed by atoms with E-state index in [1.807, 2.05) is 11.0 Å². The average molecular weight is 246 g/mol. The molecule has 1 aliphatic carbocycles. The lowest BCUT2D eigenvalue weighted by molar-refractivity contribution is -0.136. The molecular formula is C12H14N4O2.